The van der Waals surface area contributed by atoms with Gasteiger partial charge in [0.15, 0.2) is 0 Å². The first-order valence-electron chi connectivity index (χ1n) is 8.92. The molecule has 4 N–H and O–H groups in total. The van der Waals surface area contributed by atoms with Gasteiger partial charge in [-0.25, -0.2) is 0 Å². The third kappa shape index (κ3) is 4.29. The van der Waals surface area contributed by atoms with Crippen LogP contribution >= 0.6 is 23.2 Å². The fourth-order valence-electron chi connectivity index (χ4n) is 3.15. The van der Waals surface area contributed by atoms with E-state index in [9.17, 15) is 14.4 Å². The smallest absolute Gasteiger partial charge is 0.258 e. The number of rotatable bonds is 4. The molecule has 152 valence electrons. The minimum absolute atomic E-state index is 0.0331. The van der Waals surface area contributed by atoms with E-state index in [4.69, 9.17) is 23.2 Å². The fourth-order valence-corrected chi connectivity index (χ4v) is 3.53. The Labute approximate surface area is 180 Å². The number of carbonyl (C=O) groups excluding carboxylic acids is 2. The molecular weight excluding hydrogens is 429 g/mol. The van der Waals surface area contributed by atoms with Crippen molar-refractivity contribution >= 4 is 58.2 Å². The molecule has 0 bridgehead atoms. The molecule has 2 aromatic carbocycles. The number of hydrogen-bond donors (Lipinski definition) is 4. The number of aromatic amines is 1. The summed E-state index contributed by atoms with van der Waals surface area (Å²) in [5, 5.41) is 9.13. The summed E-state index contributed by atoms with van der Waals surface area (Å²) >= 11 is 11.9. The van der Waals surface area contributed by atoms with E-state index in [-0.39, 0.29) is 23.8 Å². The molecule has 1 aliphatic rings. The van der Waals surface area contributed by atoms with E-state index >= 15 is 0 Å². The Hall–Kier alpha value is -3.36. The molecule has 30 heavy (non-hydrogen) atoms. The van der Waals surface area contributed by atoms with Gasteiger partial charge in [-0.15, -0.1) is 0 Å². The van der Waals surface area contributed by atoms with E-state index in [0.29, 0.717) is 21.4 Å². The Balaban J connectivity index is 1.64. The SMILES string of the molecule is O=C1C[C@@H](C(=O)Nc2cccc(Cl)c2)c2c(nc(Nc3cccc(Cl)c3)[nH]c2=O)N1. The van der Waals surface area contributed by atoms with Crippen LogP contribution in [0.3, 0.4) is 0 Å². The van der Waals surface area contributed by atoms with Crippen LogP contribution in [0.1, 0.15) is 17.9 Å². The summed E-state index contributed by atoms with van der Waals surface area (Å²) in [7, 11) is 0. The van der Waals surface area contributed by atoms with Gasteiger partial charge in [0.1, 0.15) is 5.82 Å². The molecule has 1 atom stereocenters. The highest BCUT2D eigenvalue weighted by Crippen LogP contribution is 2.30. The summed E-state index contributed by atoms with van der Waals surface area (Å²) in [5.74, 6) is -1.77. The maximum Gasteiger partial charge on any atom is 0.258 e. The number of aromatic nitrogens is 2. The Kier molecular flexibility index (Phi) is 5.43. The largest absolute Gasteiger partial charge is 0.326 e. The van der Waals surface area contributed by atoms with Gasteiger partial charge in [-0.05, 0) is 36.4 Å². The van der Waals surface area contributed by atoms with Gasteiger partial charge >= 0.3 is 0 Å². The normalized spacial score (nSPS) is 15.1. The van der Waals surface area contributed by atoms with Gasteiger partial charge in [-0.3, -0.25) is 19.4 Å². The Morgan fingerprint density at radius 3 is 2.40 bits per heavy atom. The standard InChI is InChI=1S/C20H15Cl2N5O3/c21-10-3-1-5-12(7-10)23-18(29)14-9-15(28)25-17-16(14)19(30)27-20(26-17)24-13-6-2-4-11(22)8-13/h1-8,14H,9H2,(H,23,29)(H3,24,25,26,27,28,30)/t14-/m1/s1. The number of amides is 2. The first-order chi connectivity index (χ1) is 14.4. The Bertz CT molecular complexity index is 1210. The number of nitrogens with one attached hydrogen (secondary N) is 4. The van der Waals surface area contributed by atoms with Gasteiger partial charge in [0.25, 0.3) is 5.56 Å². The van der Waals surface area contributed by atoms with Gasteiger partial charge in [0.05, 0.1) is 11.5 Å². The number of anilines is 4. The topological polar surface area (TPSA) is 116 Å². The lowest BCUT2D eigenvalue weighted by molar-refractivity contribution is -0.123. The zero-order valence-electron chi connectivity index (χ0n) is 15.3. The molecule has 0 saturated heterocycles. The van der Waals surface area contributed by atoms with Gasteiger partial charge in [-0.2, -0.15) is 4.98 Å². The summed E-state index contributed by atoms with van der Waals surface area (Å²) in [6, 6.07) is 13.4. The fraction of sp³-hybridized carbons (Fsp3) is 0.100. The number of H-pyrrole nitrogens is 1. The quantitative estimate of drug-likeness (QED) is 0.488. The zero-order valence-corrected chi connectivity index (χ0v) is 16.8. The number of nitrogens with zero attached hydrogens (tertiary/aromatic N) is 1. The molecule has 0 aliphatic carbocycles. The molecule has 2 amide bonds. The summed E-state index contributed by atoms with van der Waals surface area (Å²) in [6.07, 6.45) is -0.175. The maximum atomic E-state index is 12.8. The molecule has 1 aliphatic heterocycles. The lowest BCUT2D eigenvalue weighted by atomic mass is 9.92. The van der Waals surface area contributed by atoms with Crippen LogP contribution in [-0.2, 0) is 9.59 Å². The van der Waals surface area contributed by atoms with Crippen LogP contribution in [0.25, 0.3) is 0 Å². The summed E-state index contributed by atoms with van der Waals surface area (Å²) in [5.41, 5.74) is 0.619. The van der Waals surface area contributed by atoms with Crippen molar-refractivity contribution in [2.24, 2.45) is 0 Å². The second-order valence-electron chi connectivity index (χ2n) is 6.62. The molecule has 2 heterocycles. The molecule has 0 fully saturated rings. The lowest BCUT2D eigenvalue weighted by Crippen LogP contribution is -2.36. The summed E-state index contributed by atoms with van der Waals surface area (Å²) in [6.45, 7) is 0. The minimum Gasteiger partial charge on any atom is -0.326 e. The van der Waals surface area contributed by atoms with Crippen molar-refractivity contribution < 1.29 is 9.59 Å². The average molecular weight is 444 g/mol. The molecule has 8 nitrogen and oxygen atoms in total. The third-order valence-corrected chi connectivity index (χ3v) is 4.92. The minimum atomic E-state index is -0.996. The monoisotopic (exact) mass is 443 g/mol. The van der Waals surface area contributed by atoms with E-state index in [1.807, 2.05) is 0 Å². The highest BCUT2D eigenvalue weighted by atomic mass is 35.5. The maximum absolute atomic E-state index is 12.8. The molecule has 1 aromatic heterocycles. The van der Waals surface area contributed by atoms with Crippen molar-refractivity contribution in [3.63, 3.8) is 0 Å². The lowest BCUT2D eigenvalue weighted by Gasteiger charge is -2.23. The van der Waals surface area contributed by atoms with Gasteiger partial charge < -0.3 is 16.0 Å². The van der Waals surface area contributed by atoms with Crippen LogP contribution in [-0.4, -0.2) is 21.8 Å². The molecule has 0 saturated carbocycles. The average Bonchev–Trinajstić information content (AvgIpc) is 2.67. The second kappa shape index (κ2) is 8.17. The number of carbonyl (C=O) groups is 2. The van der Waals surface area contributed by atoms with Crippen LogP contribution in [0.4, 0.5) is 23.1 Å². The van der Waals surface area contributed by atoms with Crippen LogP contribution < -0.4 is 21.5 Å². The highest BCUT2D eigenvalue weighted by molar-refractivity contribution is 6.31. The first-order valence-corrected chi connectivity index (χ1v) is 9.68. The Morgan fingerprint density at radius 2 is 1.70 bits per heavy atom. The van der Waals surface area contributed by atoms with Crippen molar-refractivity contribution in [3.8, 4) is 0 Å². The van der Waals surface area contributed by atoms with Crippen molar-refractivity contribution in [3.05, 3.63) is 74.5 Å². The zero-order chi connectivity index (χ0) is 21.3. The van der Waals surface area contributed by atoms with Crippen molar-refractivity contribution in [1.82, 2.24) is 9.97 Å². The molecule has 0 spiro atoms. The molecular formula is C20H15Cl2N5O3. The van der Waals surface area contributed by atoms with Crippen molar-refractivity contribution in [2.75, 3.05) is 16.0 Å². The van der Waals surface area contributed by atoms with E-state index in [1.54, 1.807) is 48.5 Å². The molecule has 10 heteroatoms. The predicted octanol–water partition coefficient (Wildman–Crippen LogP) is 3.88. The van der Waals surface area contributed by atoms with Crippen LogP contribution in [0.15, 0.2) is 53.3 Å². The van der Waals surface area contributed by atoms with Gasteiger partial charge in [-0.1, -0.05) is 35.3 Å². The number of hydrogen-bond acceptors (Lipinski definition) is 5. The number of fused-ring (bicyclic) bond motifs is 1. The van der Waals surface area contributed by atoms with Crippen molar-refractivity contribution in [2.45, 2.75) is 12.3 Å². The van der Waals surface area contributed by atoms with Crippen LogP contribution in [0.2, 0.25) is 10.0 Å². The number of benzene rings is 2. The molecule has 3 aromatic rings. The number of halogens is 2. The van der Waals surface area contributed by atoms with Crippen LogP contribution in [0, 0.1) is 0 Å². The molecule has 0 unspecified atom stereocenters. The van der Waals surface area contributed by atoms with Crippen LogP contribution in [0.5, 0.6) is 0 Å². The van der Waals surface area contributed by atoms with E-state index < -0.39 is 23.3 Å². The van der Waals surface area contributed by atoms with E-state index in [0.717, 1.165) is 0 Å². The van der Waals surface area contributed by atoms with Gasteiger partial charge in [0, 0.05) is 27.8 Å². The molecule has 0 radical (unpaired) electrons. The van der Waals surface area contributed by atoms with Gasteiger partial charge in [0.2, 0.25) is 17.8 Å². The first kappa shape index (κ1) is 19.9. The van der Waals surface area contributed by atoms with E-state index in [1.165, 1.54) is 0 Å². The Morgan fingerprint density at radius 1 is 1.03 bits per heavy atom. The summed E-state index contributed by atoms with van der Waals surface area (Å²) < 4.78 is 0. The van der Waals surface area contributed by atoms with Crippen molar-refractivity contribution in [1.29, 1.82) is 0 Å². The second-order valence-corrected chi connectivity index (χ2v) is 7.49. The summed E-state index contributed by atoms with van der Waals surface area (Å²) in [4.78, 5) is 44.6. The van der Waals surface area contributed by atoms with E-state index in [2.05, 4.69) is 25.9 Å². The predicted molar refractivity (Wildman–Crippen MR) is 116 cm³/mol. The third-order valence-electron chi connectivity index (χ3n) is 4.45. The molecule has 4 rings (SSSR count). The highest BCUT2D eigenvalue weighted by Gasteiger charge is 2.34.